The maximum absolute atomic E-state index is 12.6. The van der Waals surface area contributed by atoms with E-state index in [1.807, 2.05) is 16.8 Å². The number of hydrogen-bond donors (Lipinski definition) is 3. The molecule has 0 atom stereocenters. The number of phenols is 1. The third-order valence-electron chi connectivity index (χ3n) is 6.47. The topological polar surface area (TPSA) is 83.7 Å². The molecule has 2 heterocycles. The van der Waals surface area contributed by atoms with Gasteiger partial charge in [-0.1, -0.05) is 44.6 Å². The highest BCUT2D eigenvalue weighted by Crippen LogP contribution is 2.35. The molecule has 1 saturated heterocycles. The zero-order valence-corrected chi connectivity index (χ0v) is 17.0. The van der Waals surface area contributed by atoms with Crippen LogP contribution < -0.4 is 5.32 Å². The minimum Gasteiger partial charge on any atom is -0.507 e. The number of nitrogens with one attached hydrogen (secondary N) is 1. The van der Waals surface area contributed by atoms with Gasteiger partial charge in [0.2, 0.25) is 5.91 Å². The summed E-state index contributed by atoms with van der Waals surface area (Å²) in [6.45, 7) is 1.32. The van der Waals surface area contributed by atoms with Crippen molar-refractivity contribution in [2.45, 2.75) is 69.9 Å². The minimum atomic E-state index is -0.768. The van der Waals surface area contributed by atoms with Crippen LogP contribution in [0.25, 0.3) is 10.9 Å². The van der Waals surface area contributed by atoms with Crippen molar-refractivity contribution in [2.24, 2.45) is 5.92 Å². The molecule has 1 aliphatic heterocycles. The van der Waals surface area contributed by atoms with Crippen molar-refractivity contribution in [3.05, 3.63) is 24.4 Å². The molecule has 0 unspecified atom stereocenters. The van der Waals surface area contributed by atoms with E-state index in [-0.39, 0.29) is 11.7 Å². The van der Waals surface area contributed by atoms with Gasteiger partial charge in [0.05, 0.1) is 29.8 Å². The van der Waals surface area contributed by atoms with Crippen molar-refractivity contribution in [1.82, 2.24) is 4.57 Å². The zero-order chi connectivity index (χ0) is 20.3. The van der Waals surface area contributed by atoms with E-state index < -0.39 is 5.60 Å². The summed E-state index contributed by atoms with van der Waals surface area (Å²) in [7, 11) is 0. The van der Waals surface area contributed by atoms with E-state index >= 15 is 0 Å². The highest BCUT2D eigenvalue weighted by molar-refractivity contribution is 6.04. The van der Waals surface area contributed by atoms with Crippen LogP contribution in [0, 0.1) is 5.92 Å². The molecule has 6 heteroatoms. The van der Waals surface area contributed by atoms with E-state index in [2.05, 4.69) is 5.32 Å². The summed E-state index contributed by atoms with van der Waals surface area (Å²) < 4.78 is 7.11. The van der Waals surface area contributed by atoms with Crippen LogP contribution in [0.2, 0.25) is 0 Å². The summed E-state index contributed by atoms with van der Waals surface area (Å²) in [4.78, 5) is 12.6. The number of benzene rings is 1. The third-order valence-corrected chi connectivity index (χ3v) is 6.47. The van der Waals surface area contributed by atoms with Gasteiger partial charge in [0.1, 0.15) is 11.4 Å². The number of rotatable bonds is 7. The van der Waals surface area contributed by atoms with Crippen molar-refractivity contribution in [2.75, 3.05) is 18.5 Å². The Bertz CT molecular complexity index is 848. The van der Waals surface area contributed by atoms with Gasteiger partial charge in [0, 0.05) is 19.2 Å². The minimum absolute atomic E-state index is 0.00238. The second kappa shape index (κ2) is 8.76. The molecule has 6 nitrogen and oxygen atoms in total. The molecule has 1 aliphatic carbocycles. The molecule has 29 heavy (non-hydrogen) atoms. The van der Waals surface area contributed by atoms with Crippen LogP contribution in [0.3, 0.4) is 0 Å². The van der Waals surface area contributed by atoms with Gasteiger partial charge in [-0.3, -0.25) is 4.79 Å². The van der Waals surface area contributed by atoms with Gasteiger partial charge in [-0.25, -0.2) is 0 Å². The van der Waals surface area contributed by atoms with E-state index in [9.17, 15) is 15.0 Å². The quantitative estimate of drug-likeness (QED) is 0.609. The summed E-state index contributed by atoms with van der Waals surface area (Å²) in [5.74, 6) is 0.817. The van der Waals surface area contributed by atoms with Crippen molar-refractivity contribution in [3.63, 3.8) is 0 Å². The first-order valence-electron chi connectivity index (χ1n) is 10.9. The number of phenolic OH excluding ortho intramolecular Hbond substituents is 1. The number of aliphatic hydroxyl groups is 1. The number of nitrogens with zero attached hydrogens (tertiary/aromatic N) is 1. The number of anilines is 1. The smallest absolute Gasteiger partial charge is 0.224 e. The second-order valence-corrected chi connectivity index (χ2v) is 8.82. The highest BCUT2D eigenvalue weighted by Gasteiger charge is 2.35. The molecule has 158 valence electrons. The largest absolute Gasteiger partial charge is 0.507 e. The Labute approximate surface area is 171 Å². The third kappa shape index (κ3) is 4.75. The fourth-order valence-electron chi connectivity index (χ4n) is 4.62. The second-order valence-electron chi connectivity index (χ2n) is 8.82. The maximum Gasteiger partial charge on any atom is 0.224 e. The molecular formula is C23H32N2O4. The van der Waals surface area contributed by atoms with Crippen molar-refractivity contribution in [1.29, 1.82) is 0 Å². The number of amides is 1. The lowest BCUT2D eigenvalue weighted by Crippen LogP contribution is -2.50. The Hall–Kier alpha value is -2.05. The predicted octanol–water partition coefficient (Wildman–Crippen LogP) is 4.19. The van der Waals surface area contributed by atoms with Crippen molar-refractivity contribution >= 4 is 22.5 Å². The van der Waals surface area contributed by atoms with Crippen LogP contribution in [0.15, 0.2) is 24.4 Å². The molecule has 0 bridgehead atoms. The lowest BCUT2D eigenvalue weighted by molar-refractivity contribution is -0.182. The van der Waals surface area contributed by atoms with E-state index in [4.69, 9.17) is 4.74 Å². The molecule has 2 fully saturated rings. The monoisotopic (exact) mass is 400 g/mol. The van der Waals surface area contributed by atoms with Crippen LogP contribution >= 0.6 is 0 Å². The van der Waals surface area contributed by atoms with E-state index in [1.54, 1.807) is 12.1 Å². The molecular weight excluding hydrogens is 368 g/mol. The lowest BCUT2D eigenvalue weighted by Gasteiger charge is -2.36. The highest BCUT2D eigenvalue weighted by atomic mass is 16.5. The number of fused-ring (bicyclic) bond motifs is 1. The fourth-order valence-corrected chi connectivity index (χ4v) is 4.62. The van der Waals surface area contributed by atoms with Crippen molar-refractivity contribution < 1.29 is 19.7 Å². The standard InChI is InChI=1S/C23H32N2O4/c26-20-9-5-8-19-22(20)18(14-25(19)13-12-23(28)15-29-16-23)24-21(27)11-10-17-6-3-1-2-4-7-17/h5,8-9,14,17,26,28H,1-4,6-7,10-13,15-16H2,(H,24,27). The number of ether oxygens (including phenoxy) is 1. The molecule has 4 rings (SSSR count). The summed E-state index contributed by atoms with van der Waals surface area (Å²) >= 11 is 0. The number of hydrogen-bond acceptors (Lipinski definition) is 4. The predicted molar refractivity (Wildman–Crippen MR) is 113 cm³/mol. The Morgan fingerprint density at radius 3 is 2.66 bits per heavy atom. The normalized spacial score (nSPS) is 19.6. The fraction of sp³-hybridized carbons (Fsp3) is 0.609. The number of carbonyl (C=O) groups excluding carboxylic acids is 1. The molecule has 1 amide bonds. The Balaban J connectivity index is 1.43. The Kier molecular flexibility index (Phi) is 6.11. The first-order valence-corrected chi connectivity index (χ1v) is 10.9. The van der Waals surface area contributed by atoms with Crippen LogP contribution in [-0.4, -0.2) is 39.5 Å². The molecule has 1 aromatic carbocycles. The summed E-state index contributed by atoms with van der Waals surface area (Å²) in [6.07, 6.45) is 11.6. The van der Waals surface area contributed by atoms with Crippen LogP contribution in [-0.2, 0) is 16.1 Å². The van der Waals surface area contributed by atoms with Gasteiger partial charge < -0.3 is 24.8 Å². The zero-order valence-electron chi connectivity index (χ0n) is 17.0. The molecule has 1 saturated carbocycles. The van der Waals surface area contributed by atoms with Crippen molar-refractivity contribution in [3.8, 4) is 5.75 Å². The summed E-state index contributed by atoms with van der Waals surface area (Å²) in [5, 5.41) is 24.4. The van der Waals surface area contributed by atoms with Gasteiger partial charge in [0.25, 0.3) is 0 Å². The SMILES string of the molecule is O=C(CCC1CCCCCC1)Nc1cn(CCC2(O)COC2)c2cccc(O)c12. The maximum atomic E-state index is 12.6. The number of aromatic nitrogens is 1. The average Bonchev–Trinajstić information content (AvgIpc) is 2.85. The number of aromatic hydroxyl groups is 1. The molecule has 3 N–H and O–H groups in total. The van der Waals surface area contributed by atoms with Gasteiger partial charge in [-0.2, -0.15) is 0 Å². The number of carbonyl (C=O) groups is 1. The van der Waals surface area contributed by atoms with Gasteiger partial charge in [-0.15, -0.1) is 0 Å². The van der Waals surface area contributed by atoms with Gasteiger partial charge >= 0.3 is 0 Å². The van der Waals surface area contributed by atoms with Crippen LogP contribution in [0.5, 0.6) is 5.75 Å². The molecule has 2 aromatic rings. The van der Waals surface area contributed by atoms with Crippen LogP contribution in [0.1, 0.15) is 57.8 Å². The molecule has 0 spiro atoms. The molecule has 0 radical (unpaired) electrons. The number of aryl methyl sites for hydroxylation is 1. The summed E-state index contributed by atoms with van der Waals surface area (Å²) in [6, 6.07) is 5.37. The van der Waals surface area contributed by atoms with E-state index in [1.165, 1.54) is 38.5 Å². The van der Waals surface area contributed by atoms with E-state index in [0.29, 0.717) is 49.6 Å². The Morgan fingerprint density at radius 1 is 1.21 bits per heavy atom. The Morgan fingerprint density at radius 2 is 1.97 bits per heavy atom. The first-order chi connectivity index (χ1) is 14.0. The molecule has 2 aliphatic rings. The van der Waals surface area contributed by atoms with Gasteiger partial charge in [0.15, 0.2) is 0 Å². The average molecular weight is 401 g/mol. The lowest BCUT2D eigenvalue weighted by atomic mass is 9.95. The summed E-state index contributed by atoms with van der Waals surface area (Å²) in [5.41, 5.74) is 0.726. The van der Waals surface area contributed by atoms with Gasteiger partial charge in [-0.05, 0) is 30.9 Å². The first kappa shape index (κ1) is 20.2. The van der Waals surface area contributed by atoms with E-state index in [0.717, 1.165) is 11.9 Å². The molecule has 1 aromatic heterocycles. The van der Waals surface area contributed by atoms with Crippen LogP contribution in [0.4, 0.5) is 5.69 Å².